The molecule has 2 aromatic rings. The second kappa shape index (κ2) is 7.92. The van der Waals surface area contributed by atoms with E-state index in [1.54, 1.807) is 54.6 Å². The van der Waals surface area contributed by atoms with E-state index in [0.717, 1.165) is 5.56 Å². The summed E-state index contributed by atoms with van der Waals surface area (Å²) in [6.07, 6.45) is 2.78. The van der Waals surface area contributed by atoms with E-state index >= 15 is 0 Å². The highest BCUT2D eigenvalue weighted by Crippen LogP contribution is 2.10. The minimum atomic E-state index is -0.614. The van der Waals surface area contributed by atoms with Crippen LogP contribution in [0.25, 0.3) is 6.08 Å². The Hall–Kier alpha value is -2.90. The van der Waals surface area contributed by atoms with E-state index in [1.165, 1.54) is 6.08 Å². The number of hydrogen-bond acceptors (Lipinski definition) is 4. The van der Waals surface area contributed by atoms with Crippen molar-refractivity contribution in [1.29, 1.82) is 5.26 Å². The fraction of sp³-hybridized carbons (Fsp3) is 0.0556. The number of hydrogen-bond donors (Lipinski definition) is 0. The Labute approximate surface area is 138 Å². The molecule has 4 nitrogen and oxygen atoms in total. The molecule has 0 unspecified atom stereocenters. The minimum Gasteiger partial charge on any atom is -0.454 e. The first-order valence-electron chi connectivity index (χ1n) is 6.72. The molecule has 0 saturated heterocycles. The van der Waals surface area contributed by atoms with Crippen LogP contribution in [0.4, 0.5) is 0 Å². The van der Waals surface area contributed by atoms with Crippen molar-refractivity contribution in [1.82, 2.24) is 0 Å². The summed E-state index contributed by atoms with van der Waals surface area (Å²) < 4.78 is 4.89. The van der Waals surface area contributed by atoms with Gasteiger partial charge < -0.3 is 4.74 Å². The number of benzene rings is 2. The van der Waals surface area contributed by atoms with Crippen molar-refractivity contribution < 1.29 is 14.3 Å². The highest BCUT2D eigenvalue weighted by atomic mass is 35.5. The monoisotopic (exact) mass is 325 g/mol. The summed E-state index contributed by atoms with van der Waals surface area (Å²) in [6.45, 7) is -0.335. The van der Waals surface area contributed by atoms with Gasteiger partial charge in [0, 0.05) is 16.7 Å². The van der Waals surface area contributed by atoms with E-state index < -0.39 is 5.97 Å². The fourth-order valence-electron chi connectivity index (χ4n) is 1.74. The molecular formula is C18H12ClNO3. The molecular weight excluding hydrogens is 314 g/mol. The summed E-state index contributed by atoms with van der Waals surface area (Å²) in [5.74, 6) is -0.918. The first kappa shape index (κ1) is 16.5. The second-order valence-corrected chi connectivity index (χ2v) is 5.04. The lowest BCUT2D eigenvalue weighted by atomic mass is 10.1. The maximum atomic E-state index is 11.8. The molecule has 0 radical (unpaired) electrons. The molecule has 114 valence electrons. The van der Waals surface area contributed by atoms with E-state index in [0.29, 0.717) is 16.1 Å². The zero-order valence-corrected chi connectivity index (χ0v) is 12.8. The number of nitrogens with zero attached hydrogens (tertiary/aromatic N) is 1. The van der Waals surface area contributed by atoms with Crippen LogP contribution < -0.4 is 0 Å². The molecule has 0 aromatic heterocycles. The Balaban J connectivity index is 1.86. The number of halogens is 1. The standard InChI is InChI=1S/C18H12ClNO3/c19-16-8-6-15(7-9-16)17(21)12-23-18(22)10-5-13-1-3-14(11-20)4-2-13/h1-10H,12H2/b10-5+. The SMILES string of the molecule is N#Cc1ccc(/C=C/C(=O)OCC(=O)c2ccc(Cl)cc2)cc1. The predicted octanol–water partition coefficient (Wildman–Crippen LogP) is 3.65. The third-order valence-electron chi connectivity index (χ3n) is 2.96. The van der Waals surface area contributed by atoms with E-state index in [-0.39, 0.29) is 12.4 Å². The third-order valence-corrected chi connectivity index (χ3v) is 3.22. The average Bonchev–Trinajstić information content (AvgIpc) is 2.59. The first-order valence-corrected chi connectivity index (χ1v) is 7.10. The molecule has 0 fully saturated rings. The molecule has 0 spiro atoms. The molecule has 0 N–H and O–H groups in total. The molecule has 23 heavy (non-hydrogen) atoms. The predicted molar refractivity (Wildman–Crippen MR) is 86.9 cm³/mol. The largest absolute Gasteiger partial charge is 0.454 e. The summed E-state index contributed by atoms with van der Waals surface area (Å²) in [4.78, 5) is 23.4. The van der Waals surface area contributed by atoms with Gasteiger partial charge in [0.2, 0.25) is 0 Å². The molecule has 0 aliphatic carbocycles. The first-order chi connectivity index (χ1) is 11.1. The highest BCUT2D eigenvalue weighted by molar-refractivity contribution is 6.30. The molecule has 0 heterocycles. The van der Waals surface area contributed by atoms with Gasteiger partial charge in [-0.05, 0) is 48.0 Å². The van der Waals surface area contributed by atoms with Gasteiger partial charge in [0.15, 0.2) is 12.4 Å². The van der Waals surface area contributed by atoms with Crippen molar-refractivity contribution in [2.45, 2.75) is 0 Å². The van der Waals surface area contributed by atoms with Crippen LogP contribution in [0.5, 0.6) is 0 Å². The molecule has 0 saturated carbocycles. The zero-order valence-electron chi connectivity index (χ0n) is 12.0. The van der Waals surface area contributed by atoms with E-state index in [9.17, 15) is 9.59 Å². The summed E-state index contributed by atoms with van der Waals surface area (Å²) in [7, 11) is 0. The zero-order chi connectivity index (χ0) is 16.7. The maximum absolute atomic E-state index is 11.8. The van der Waals surface area contributed by atoms with E-state index in [4.69, 9.17) is 21.6 Å². The number of carbonyl (C=O) groups excluding carboxylic acids is 2. The smallest absolute Gasteiger partial charge is 0.331 e. The van der Waals surface area contributed by atoms with E-state index in [2.05, 4.69) is 0 Å². The van der Waals surface area contributed by atoms with Gasteiger partial charge in [-0.1, -0.05) is 23.7 Å². The van der Waals surface area contributed by atoms with Gasteiger partial charge in [0.05, 0.1) is 11.6 Å². The van der Waals surface area contributed by atoms with Crippen LogP contribution in [-0.2, 0) is 9.53 Å². The van der Waals surface area contributed by atoms with Crippen molar-refractivity contribution in [2.75, 3.05) is 6.61 Å². The van der Waals surface area contributed by atoms with Crippen molar-refractivity contribution >= 4 is 29.4 Å². The number of carbonyl (C=O) groups is 2. The Morgan fingerprint density at radius 2 is 1.74 bits per heavy atom. The minimum absolute atomic E-state index is 0.304. The molecule has 0 atom stereocenters. The van der Waals surface area contributed by atoms with Crippen LogP contribution >= 0.6 is 11.6 Å². The number of esters is 1. The molecule has 0 amide bonds. The summed E-state index contributed by atoms with van der Waals surface area (Å²) >= 11 is 5.74. The summed E-state index contributed by atoms with van der Waals surface area (Å²) in [5, 5.41) is 9.23. The van der Waals surface area contributed by atoms with E-state index in [1.807, 2.05) is 6.07 Å². The summed E-state index contributed by atoms with van der Waals surface area (Å²) in [5.41, 5.74) is 1.72. The Kier molecular flexibility index (Phi) is 5.67. The number of ether oxygens (including phenoxy) is 1. The van der Waals surface area contributed by atoms with Gasteiger partial charge >= 0.3 is 5.97 Å². The van der Waals surface area contributed by atoms with Crippen LogP contribution in [0.1, 0.15) is 21.5 Å². The highest BCUT2D eigenvalue weighted by Gasteiger charge is 2.08. The van der Waals surface area contributed by atoms with Crippen LogP contribution in [-0.4, -0.2) is 18.4 Å². The normalized spacial score (nSPS) is 10.3. The van der Waals surface area contributed by atoms with Crippen LogP contribution in [0.2, 0.25) is 5.02 Å². The van der Waals surface area contributed by atoms with Gasteiger partial charge in [0.25, 0.3) is 0 Å². The van der Waals surface area contributed by atoms with Gasteiger partial charge in [-0.15, -0.1) is 0 Å². The quantitative estimate of drug-likeness (QED) is 0.478. The lowest BCUT2D eigenvalue weighted by molar-refractivity contribution is -0.136. The van der Waals surface area contributed by atoms with Crippen LogP contribution in [0.3, 0.4) is 0 Å². The number of Topliss-reactive ketones (excluding diaryl/α,β-unsaturated/α-hetero) is 1. The number of ketones is 1. The molecule has 0 aliphatic rings. The van der Waals surface area contributed by atoms with Gasteiger partial charge in [0.1, 0.15) is 0 Å². The lowest BCUT2D eigenvalue weighted by Crippen LogP contribution is -2.12. The third kappa shape index (κ3) is 5.10. The Morgan fingerprint density at radius 1 is 1.09 bits per heavy atom. The van der Waals surface area contributed by atoms with Crippen LogP contribution in [0.15, 0.2) is 54.6 Å². The van der Waals surface area contributed by atoms with Crippen molar-refractivity contribution in [2.24, 2.45) is 0 Å². The molecule has 0 bridgehead atoms. The second-order valence-electron chi connectivity index (χ2n) is 4.60. The van der Waals surface area contributed by atoms with Crippen molar-refractivity contribution in [3.63, 3.8) is 0 Å². The fourth-order valence-corrected chi connectivity index (χ4v) is 1.86. The summed E-state index contributed by atoms with van der Waals surface area (Å²) in [6, 6.07) is 15.1. The van der Waals surface area contributed by atoms with Crippen molar-refractivity contribution in [3.05, 3.63) is 76.3 Å². The van der Waals surface area contributed by atoms with Gasteiger partial charge in [-0.2, -0.15) is 5.26 Å². The van der Waals surface area contributed by atoms with Crippen molar-refractivity contribution in [3.8, 4) is 6.07 Å². The number of rotatable bonds is 5. The Bertz CT molecular complexity index is 771. The molecule has 0 aliphatic heterocycles. The molecule has 5 heteroatoms. The average molecular weight is 326 g/mol. The lowest BCUT2D eigenvalue weighted by Gasteiger charge is -2.02. The topological polar surface area (TPSA) is 67.2 Å². The van der Waals surface area contributed by atoms with Gasteiger partial charge in [-0.25, -0.2) is 4.79 Å². The van der Waals surface area contributed by atoms with Gasteiger partial charge in [-0.3, -0.25) is 4.79 Å². The Morgan fingerprint density at radius 3 is 2.35 bits per heavy atom. The molecule has 2 aromatic carbocycles. The number of nitriles is 1. The maximum Gasteiger partial charge on any atom is 0.331 e. The molecule has 2 rings (SSSR count). The van der Waals surface area contributed by atoms with Crippen LogP contribution in [0, 0.1) is 11.3 Å².